The van der Waals surface area contributed by atoms with Crippen molar-refractivity contribution in [2.24, 2.45) is 0 Å². The normalized spacial score (nSPS) is 12.1. The third-order valence-electron chi connectivity index (χ3n) is 7.27. The number of fused-ring (bicyclic) bond motifs is 12. The van der Waals surface area contributed by atoms with Crippen molar-refractivity contribution in [3.8, 4) is 5.69 Å². The van der Waals surface area contributed by atoms with Crippen LogP contribution >= 0.6 is 0 Å². The predicted octanol–water partition coefficient (Wildman–Crippen LogP) is 8.50. The smallest absolute Gasteiger partial charge is 0.0548 e. The van der Waals surface area contributed by atoms with Gasteiger partial charge in [-0.25, -0.2) is 0 Å². The number of rotatable bonds is 1. The van der Waals surface area contributed by atoms with Crippen molar-refractivity contribution in [2.45, 2.75) is 0 Å². The standard InChI is InChI=1S/C32H20N2/c1-2-10-21(11-3-1)33-28-17-9-7-15-25(28)32-26-20-31-24-14-5-4-12-22(24)23-13-6-8-16-27(23)34(31)29(26)18-19-30(32)33/h1-20H. The molecule has 0 atom stereocenters. The summed E-state index contributed by atoms with van der Waals surface area (Å²) in [5.74, 6) is 0. The maximum atomic E-state index is 2.45. The summed E-state index contributed by atoms with van der Waals surface area (Å²) >= 11 is 0. The molecule has 8 aromatic rings. The number of hydrogen-bond donors (Lipinski definition) is 0. The largest absolute Gasteiger partial charge is 0.309 e. The maximum Gasteiger partial charge on any atom is 0.0548 e. The van der Waals surface area contributed by atoms with E-state index in [1.807, 2.05) is 0 Å². The van der Waals surface area contributed by atoms with E-state index in [4.69, 9.17) is 0 Å². The molecule has 2 heteroatoms. The van der Waals surface area contributed by atoms with Gasteiger partial charge in [-0.05, 0) is 47.9 Å². The van der Waals surface area contributed by atoms with Gasteiger partial charge in [0, 0.05) is 32.6 Å². The highest BCUT2D eigenvalue weighted by Crippen LogP contribution is 2.40. The van der Waals surface area contributed by atoms with E-state index in [9.17, 15) is 0 Å². The fraction of sp³-hybridized carbons (Fsp3) is 0. The molecule has 0 aliphatic rings. The second-order valence-corrected chi connectivity index (χ2v) is 9.01. The van der Waals surface area contributed by atoms with Crippen LogP contribution in [0.3, 0.4) is 0 Å². The quantitative estimate of drug-likeness (QED) is 0.230. The Bertz CT molecular complexity index is 2060. The average molecular weight is 433 g/mol. The second-order valence-electron chi connectivity index (χ2n) is 9.01. The number of pyridine rings is 1. The molecule has 0 aliphatic heterocycles. The van der Waals surface area contributed by atoms with Crippen molar-refractivity contribution in [2.75, 3.05) is 0 Å². The van der Waals surface area contributed by atoms with Gasteiger partial charge in [0.15, 0.2) is 0 Å². The van der Waals surface area contributed by atoms with E-state index in [1.165, 1.54) is 65.6 Å². The van der Waals surface area contributed by atoms with Crippen molar-refractivity contribution in [3.05, 3.63) is 121 Å². The van der Waals surface area contributed by atoms with Crippen LogP contribution in [0.4, 0.5) is 0 Å². The maximum absolute atomic E-state index is 2.45. The van der Waals surface area contributed by atoms with Gasteiger partial charge >= 0.3 is 0 Å². The summed E-state index contributed by atoms with van der Waals surface area (Å²) in [6.45, 7) is 0. The lowest BCUT2D eigenvalue weighted by atomic mass is 10.0. The summed E-state index contributed by atoms with van der Waals surface area (Å²) in [4.78, 5) is 0. The lowest BCUT2D eigenvalue weighted by Gasteiger charge is -2.10. The molecule has 0 aliphatic carbocycles. The van der Waals surface area contributed by atoms with Gasteiger partial charge in [-0.1, -0.05) is 78.9 Å². The SMILES string of the molecule is c1ccc(-n2c3ccccc3c3c4cc5c6ccccc6c6ccccc6n5c4ccc32)cc1. The molecule has 0 fully saturated rings. The monoisotopic (exact) mass is 432 g/mol. The topological polar surface area (TPSA) is 9.34 Å². The van der Waals surface area contributed by atoms with Gasteiger partial charge in [-0.15, -0.1) is 0 Å². The van der Waals surface area contributed by atoms with E-state index in [2.05, 4.69) is 130 Å². The van der Waals surface area contributed by atoms with Crippen LogP contribution in [0.5, 0.6) is 0 Å². The van der Waals surface area contributed by atoms with Crippen LogP contribution in [0.15, 0.2) is 121 Å². The van der Waals surface area contributed by atoms with E-state index in [0.717, 1.165) is 0 Å². The van der Waals surface area contributed by atoms with Crippen LogP contribution in [0.2, 0.25) is 0 Å². The number of hydrogen-bond acceptors (Lipinski definition) is 0. The molecule has 3 heterocycles. The third kappa shape index (κ3) is 2.20. The summed E-state index contributed by atoms with van der Waals surface area (Å²) in [5.41, 5.74) is 7.42. The van der Waals surface area contributed by atoms with Gasteiger partial charge in [-0.2, -0.15) is 0 Å². The molecule has 0 unspecified atom stereocenters. The molecule has 0 saturated carbocycles. The van der Waals surface area contributed by atoms with Crippen molar-refractivity contribution in [1.82, 2.24) is 8.97 Å². The van der Waals surface area contributed by atoms with Crippen LogP contribution in [0.1, 0.15) is 0 Å². The predicted molar refractivity (Wildman–Crippen MR) is 144 cm³/mol. The highest BCUT2D eigenvalue weighted by Gasteiger charge is 2.18. The van der Waals surface area contributed by atoms with Gasteiger partial charge in [0.25, 0.3) is 0 Å². The molecule has 8 rings (SSSR count). The van der Waals surface area contributed by atoms with Crippen LogP contribution in [0.25, 0.3) is 65.6 Å². The van der Waals surface area contributed by atoms with E-state index in [-0.39, 0.29) is 0 Å². The number of nitrogens with zero attached hydrogens (tertiary/aromatic N) is 2. The molecular formula is C32H20N2. The van der Waals surface area contributed by atoms with Crippen molar-refractivity contribution < 1.29 is 0 Å². The van der Waals surface area contributed by atoms with Gasteiger partial charge in [0.1, 0.15) is 0 Å². The molecule has 0 spiro atoms. The average Bonchev–Trinajstić information content (AvgIpc) is 3.46. The van der Waals surface area contributed by atoms with Gasteiger partial charge in [-0.3, -0.25) is 0 Å². The molecule has 2 nitrogen and oxygen atoms in total. The summed E-state index contributed by atoms with van der Waals surface area (Å²) in [5, 5.41) is 7.78. The molecule has 0 bridgehead atoms. The minimum atomic E-state index is 1.19. The summed E-state index contributed by atoms with van der Waals surface area (Å²) < 4.78 is 4.84. The second kappa shape index (κ2) is 6.49. The van der Waals surface area contributed by atoms with Crippen molar-refractivity contribution >= 4 is 59.9 Å². The highest BCUT2D eigenvalue weighted by molar-refractivity contribution is 6.24. The minimum absolute atomic E-state index is 1.19. The van der Waals surface area contributed by atoms with Crippen LogP contribution in [-0.2, 0) is 0 Å². The van der Waals surface area contributed by atoms with E-state index >= 15 is 0 Å². The Morgan fingerprint density at radius 3 is 1.71 bits per heavy atom. The summed E-state index contributed by atoms with van der Waals surface area (Å²) in [7, 11) is 0. The van der Waals surface area contributed by atoms with Crippen molar-refractivity contribution in [1.29, 1.82) is 0 Å². The molecule has 158 valence electrons. The lowest BCUT2D eigenvalue weighted by molar-refractivity contribution is 1.18. The Morgan fingerprint density at radius 1 is 0.353 bits per heavy atom. The van der Waals surface area contributed by atoms with E-state index in [1.54, 1.807) is 0 Å². The Balaban J connectivity index is 1.66. The van der Waals surface area contributed by atoms with Gasteiger partial charge in [0.05, 0.1) is 27.6 Å². The first-order chi connectivity index (χ1) is 16.9. The van der Waals surface area contributed by atoms with Crippen LogP contribution in [-0.4, -0.2) is 8.97 Å². The molecular weight excluding hydrogens is 412 g/mol. The van der Waals surface area contributed by atoms with E-state index in [0.29, 0.717) is 0 Å². The zero-order valence-electron chi connectivity index (χ0n) is 18.4. The van der Waals surface area contributed by atoms with Crippen LogP contribution < -0.4 is 0 Å². The molecule has 5 aromatic carbocycles. The summed E-state index contributed by atoms with van der Waals surface area (Å²) in [6, 6.07) is 44.0. The highest BCUT2D eigenvalue weighted by atomic mass is 15.0. The minimum Gasteiger partial charge on any atom is -0.309 e. The van der Waals surface area contributed by atoms with Gasteiger partial charge in [0.2, 0.25) is 0 Å². The number of aromatic nitrogens is 2. The molecule has 0 radical (unpaired) electrons. The Morgan fingerprint density at radius 2 is 0.912 bits per heavy atom. The third-order valence-corrected chi connectivity index (χ3v) is 7.27. The van der Waals surface area contributed by atoms with Gasteiger partial charge < -0.3 is 8.97 Å². The molecule has 0 saturated heterocycles. The first-order valence-corrected chi connectivity index (χ1v) is 11.7. The first kappa shape index (κ1) is 17.9. The Hall–Kier alpha value is -4.56. The molecule has 3 aromatic heterocycles. The lowest BCUT2D eigenvalue weighted by Crippen LogP contribution is -1.93. The fourth-order valence-corrected chi connectivity index (χ4v) is 5.90. The molecule has 0 N–H and O–H groups in total. The zero-order chi connectivity index (χ0) is 22.2. The van der Waals surface area contributed by atoms with Crippen molar-refractivity contribution in [3.63, 3.8) is 0 Å². The Kier molecular flexibility index (Phi) is 3.42. The molecule has 34 heavy (non-hydrogen) atoms. The first-order valence-electron chi connectivity index (χ1n) is 11.7. The fourth-order valence-electron chi connectivity index (χ4n) is 5.90. The zero-order valence-corrected chi connectivity index (χ0v) is 18.4. The van der Waals surface area contributed by atoms with Crippen LogP contribution in [0, 0.1) is 0 Å². The number of para-hydroxylation sites is 3. The number of benzene rings is 5. The summed E-state index contributed by atoms with van der Waals surface area (Å²) in [6.07, 6.45) is 0. The Labute approximate surface area is 195 Å². The molecule has 0 amide bonds. The van der Waals surface area contributed by atoms with E-state index < -0.39 is 0 Å².